The standard InChI is InChI=1S/C27H24N2O4S/c1-16-7-10-22-20(13-16)21-15-28(2)12-11-23(21)29(22)27(31)17-8-9-19-25(14-17)34(32,33)24-6-4-3-5-18(24)26(19)30/h3-10,13-14,21,23H,11-12,15H2,1-2H3/t21-,23-/m1/s1. The predicted octanol–water partition coefficient (Wildman–Crippen LogP) is 3.82. The zero-order chi connectivity index (χ0) is 23.8. The van der Waals surface area contributed by atoms with Crippen LogP contribution in [-0.2, 0) is 9.84 Å². The average molecular weight is 473 g/mol. The number of sulfone groups is 1. The number of aryl methyl sites for hydroxylation is 1. The molecule has 0 radical (unpaired) electrons. The SMILES string of the molecule is Cc1ccc2c(c1)[C@H]1CN(C)CC[C@H]1N2C(=O)c1ccc2c(c1)S(=O)(=O)c1ccccc1C2=O. The summed E-state index contributed by atoms with van der Waals surface area (Å²) in [5.41, 5.74) is 3.78. The van der Waals surface area contributed by atoms with E-state index in [-0.39, 0.29) is 50.1 Å². The van der Waals surface area contributed by atoms with E-state index >= 15 is 0 Å². The molecule has 1 fully saturated rings. The maximum absolute atomic E-state index is 13.9. The second-order valence-corrected chi connectivity index (χ2v) is 11.4. The van der Waals surface area contributed by atoms with Gasteiger partial charge in [0.15, 0.2) is 5.78 Å². The Labute approximate surface area is 198 Å². The number of hydrogen-bond acceptors (Lipinski definition) is 5. The predicted molar refractivity (Wildman–Crippen MR) is 128 cm³/mol. The minimum Gasteiger partial charge on any atom is -0.306 e. The Morgan fingerprint density at radius 1 is 0.971 bits per heavy atom. The first kappa shape index (κ1) is 21.3. The Morgan fingerprint density at radius 3 is 2.56 bits per heavy atom. The number of rotatable bonds is 1. The summed E-state index contributed by atoms with van der Waals surface area (Å²) in [6.45, 7) is 3.81. The fraction of sp³-hybridized carbons (Fsp3) is 0.259. The molecule has 7 heteroatoms. The van der Waals surface area contributed by atoms with Gasteiger partial charge in [0.1, 0.15) is 0 Å². The molecule has 3 aliphatic rings. The van der Waals surface area contributed by atoms with E-state index in [0.29, 0.717) is 0 Å². The smallest absolute Gasteiger partial charge is 0.258 e. The lowest BCUT2D eigenvalue weighted by Crippen LogP contribution is -2.47. The Balaban J connectivity index is 1.46. The molecule has 6 nitrogen and oxygen atoms in total. The molecule has 1 amide bonds. The van der Waals surface area contributed by atoms with Crippen LogP contribution in [0.5, 0.6) is 0 Å². The highest BCUT2D eigenvalue weighted by Gasteiger charge is 2.44. The van der Waals surface area contributed by atoms with Crippen LogP contribution in [0.15, 0.2) is 70.5 Å². The van der Waals surface area contributed by atoms with Gasteiger partial charge in [-0.05, 0) is 68.9 Å². The molecule has 0 aromatic heterocycles. The topological polar surface area (TPSA) is 74.8 Å². The lowest BCUT2D eigenvalue weighted by Gasteiger charge is -2.36. The molecule has 34 heavy (non-hydrogen) atoms. The first-order valence-electron chi connectivity index (χ1n) is 11.4. The van der Waals surface area contributed by atoms with Crippen LogP contribution in [-0.4, -0.2) is 51.2 Å². The number of ketones is 1. The molecule has 3 aromatic carbocycles. The Bertz CT molecular complexity index is 1490. The minimum absolute atomic E-state index is 0.00512. The molecule has 0 bridgehead atoms. The number of benzene rings is 3. The largest absolute Gasteiger partial charge is 0.306 e. The van der Waals surface area contributed by atoms with Gasteiger partial charge in [0.2, 0.25) is 9.84 Å². The van der Waals surface area contributed by atoms with Crippen LogP contribution in [0.3, 0.4) is 0 Å². The molecule has 0 spiro atoms. The van der Waals surface area contributed by atoms with Crippen molar-refractivity contribution in [1.29, 1.82) is 0 Å². The summed E-state index contributed by atoms with van der Waals surface area (Å²) in [4.78, 5) is 30.9. The van der Waals surface area contributed by atoms with Crippen molar-refractivity contribution in [2.45, 2.75) is 35.1 Å². The van der Waals surface area contributed by atoms with Crippen LogP contribution in [0.4, 0.5) is 5.69 Å². The van der Waals surface area contributed by atoms with Gasteiger partial charge < -0.3 is 9.80 Å². The van der Waals surface area contributed by atoms with Crippen LogP contribution in [0.2, 0.25) is 0 Å². The zero-order valence-electron chi connectivity index (χ0n) is 19.0. The molecule has 3 aromatic rings. The lowest BCUT2D eigenvalue weighted by molar-refractivity contribution is 0.0962. The van der Waals surface area contributed by atoms with E-state index in [0.717, 1.165) is 30.8 Å². The summed E-state index contributed by atoms with van der Waals surface area (Å²) >= 11 is 0. The van der Waals surface area contributed by atoms with Gasteiger partial charge in [0.05, 0.1) is 9.79 Å². The number of carbonyl (C=O) groups excluding carboxylic acids is 2. The fourth-order valence-corrected chi connectivity index (χ4v) is 7.38. The third-order valence-corrected chi connectivity index (χ3v) is 9.21. The summed E-state index contributed by atoms with van der Waals surface area (Å²) in [5.74, 6) is -0.351. The van der Waals surface area contributed by atoms with Crippen molar-refractivity contribution >= 4 is 27.2 Å². The number of carbonyl (C=O) groups is 2. The van der Waals surface area contributed by atoms with E-state index in [1.165, 1.54) is 29.8 Å². The summed E-state index contributed by atoms with van der Waals surface area (Å²) in [6, 6.07) is 16.9. The van der Waals surface area contributed by atoms with E-state index in [1.807, 2.05) is 17.0 Å². The van der Waals surface area contributed by atoms with Gasteiger partial charge >= 0.3 is 0 Å². The van der Waals surface area contributed by atoms with E-state index < -0.39 is 9.84 Å². The summed E-state index contributed by atoms with van der Waals surface area (Å²) in [7, 11) is -1.81. The molecule has 3 aliphatic heterocycles. The summed E-state index contributed by atoms with van der Waals surface area (Å²) in [5, 5.41) is 0. The number of likely N-dealkylation sites (N-methyl/N-ethyl adjacent to an activating group) is 1. The van der Waals surface area contributed by atoms with Crippen molar-refractivity contribution in [3.8, 4) is 0 Å². The van der Waals surface area contributed by atoms with Crippen LogP contribution < -0.4 is 4.90 Å². The van der Waals surface area contributed by atoms with Crippen LogP contribution >= 0.6 is 0 Å². The van der Waals surface area contributed by atoms with Gasteiger partial charge in [-0.1, -0.05) is 29.8 Å². The highest BCUT2D eigenvalue weighted by molar-refractivity contribution is 7.91. The van der Waals surface area contributed by atoms with Crippen LogP contribution in [0.1, 0.15) is 49.7 Å². The number of nitrogens with zero attached hydrogens (tertiary/aromatic N) is 2. The third-order valence-electron chi connectivity index (χ3n) is 7.36. The first-order valence-corrected chi connectivity index (χ1v) is 12.9. The molecule has 0 saturated carbocycles. The molecule has 0 unspecified atom stereocenters. The first-order chi connectivity index (χ1) is 16.3. The maximum Gasteiger partial charge on any atom is 0.258 e. The van der Waals surface area contributed by atoms with Crippen LogP contribution in [0.25, 0.3) is 0 Å². The number of likely N-dealkylation sites (tertiary alicyclic amines) is 1. The highest BCUT2D eigenvalue weighted by atomic mass is 32.2. The van der Waals surface area contributed by atoms with Gasteiger partial charge in [-0.2, -0.15) is 0 Å². The monoisotopic (exact) mass is 472 g/mol. The zero-order valence-corrected chi connectivity index (χ0v) is 19.8. The number of anilines is 1. The Kier molecular flexibility index (Phi) is 4.60. The van der Waals surface area contributed by atoms with E-state index in [2.05, 4.69) is 24.9 Å². The molecule has 172 valence electrons. The highest BCUT2D eigenvalue weighted by Crippen LogP contribution is 2.46. The Morgan fingerprint density at radius 2 is 1.74 bits per heavy atom. The number of fused-ring (bicyclic) bond motifs is 5. The summed E-state index contributed by atoms with van der Waals surface area (Å²) in [6.07, 6.45) is 0.843. The van der Waals surface area contributed by atoms with E-state index in [4.69, 9.17) is 0 Å². The van der Waals surface area contributed by atoms with Gasteiger partial charge in [0.25, 0.3) is 5.91 Å². The second kappa shape index (κ2) is 7.35. The molecule has 1 saturated heterocycles. The fourth-order valence-electron chi connectivity index (χ4n) is 5.70. The van der Waals surface area contributed by atoms with E-state index in [1.54, 1.807) is 18.2 Å². The van der Waals surface area contributed by atoms with Crippen molar-refractivity contribution in [3.63, 3.8) is 0 Å². The summed E-state index contributed by atoms with van der Waals surface area (Å²) < 4.78 is 26.7. The second-order valence-electron chi connectivity index (χ2n) is 9.50. The third kappa shape index (κ3) is 2.93. The normalized spacial score (nSPS) is 22.5. The van der Waals surface area contributed by atoms with E-state index in [9.17, 15) is 18.0 Å². The van der Waals surface area contributed by atoms with Crippen molar-refractivity contribution < 1.29 is 18.0 Å². The molecule has 0 aliphatic carbocycles. The van der Waals surface area contributed by atoms with Crippen LogP contribution in [0, 0.1) is 6.92 Å². The molecule has 2 atom stereocenters. The van der Waals surface area contributed by atoms with Gasteiger partial charge in [-0.3, -0.25) is 9.59 Å². The van der Waals surface area contributed by atoms with Gasteiger partial charge in [0, 0.05) is 40.9 Å². The number of piperidine rings is 1. The van der Waals surface area contributed by atoms with Crippen molar-refractivity contribution in [2.75, 3.05) is 25.0 Å². The molecular weight excluding hydrogens is 448 g/mol. The minimum atomic E-state index is -3.91. The number of hydrogen-bond donors (Lipinski definition) is 0. The van der Waals surface area contributed by atoms with Gasteiger partial charge in [-0.25, -0.2) is 8.42 Å². The number of amides is 1. The molecule has 3 heterocycles. The Hall–Kier alpha value is -3.29. The lowest BCUT2D eigenvalue weighted by atomic mass is 9.88. The van der Waals surface area contributed by atoms with Gasteiger partial charge in [-0.15, -0.1) is 0 Å². The quantitative estimate of drug-likeness (QED) is 0.421. The van der Waals surface area contributed by atoms with Crippen molar-refractivity contribution in [2.24, 2.45) is 0 Å². The molecule has 6 rings (SSSR count). The molecular formula is C27H24N2O4S. The molecule has 0 N–H and O–H groups in total. The van der Waals surface area contributed by atoms with Crippen molar-refractivity contribution in [3.05, 3.63) is 88.5 Å². The van der Waals surface area contributed by atoms with Crippen molar-refractivity contribution in [1.82, 2.24) is 4.90 Å². The average Bonchev–Trinajstić information content (AvgIpc) is 3.14. The maximum atomic E-state index is 13.9.